The molecule has 5 heteroatoms. The highest BCUT2D eigenvalue weighted by molar-refractivity contribution is 5.91. The van der Waals surface area contributed by atoms with Gasteiger partial charge in [-0.05, 0) is 43.2 Å². The van der Waals surface area contributed by atoms with Gasteiger partial charge in [0.15, 0.2) is 0 Å². The SMILES string of the molecule is COc1ccc(/C=C/C(=O)NCCCn2nccc2C)cc1. The molecule has 116 valence electrons. The van der Waals surface area contributed by atoms with Crippen molar-refractivity contribution in [3.05, 3.63) is 53.9 Å². The molecule has 0 saturated heterocycles. The van der Waals surface area contributed by atoms with Gasteiger partial charge in [0, 0.05) is 31.1 Å². The van der Waals surface area contributed by atoms with Crippen molar-refractivity contribution in [2.24, 2.45) is 0 Å². The van der Waals surface area contributed by atoms with Crippen LogP contribution in [-0.2, 0) is 11.3 Å². The molecule has 1 N–H and O–H groups in total. The van der Waals surface area contributed by atoms with E-state index in [1.165, 1.54) is 0 Å². The molecule has 0 fully saturated rings. The van der Waals surface area contributed by atoms with Gasteiger partial charge in [0.25, 0.3) is 0 Å². The Morgan fingerprint density at radius 3 is 2.73 bits per heavy atom. The topological polar surface area (TPSA) is 56.1 Å². The van der Waals surface area contributed by atoms with E-state index in [9.17, 15) is 4.79 Å². The van der Waals surface area contributed by atoms with Gasteiger partial charge in [0.1, 0.15) is 5.75 Å². The maximum Gasteiger partial charge on any atom is 0.244 e. The molecule has 0 saturated carbocycles. The minimum absolute atomic E-state index is 0.0898. The largest absolute Gasteiger partial charge is 0.497 e. The Morgan fingerprint density at radius 2 is 2.09 bits per heavy atom. The molecule has 0 spiro atoms. The quantitative estimate of drug-likeness (QED) is 0.631. The van der Waals surface area contributed by atoms with Crippen molar-refractivity contribution in [1.82, 2.24) is 15.1 Å². The molecule has 0 radical (unpaired) electrons. The fourth-order valence-corrected chi connectivity index (χ4v) is 2.02. The van der Waals surface area contributed by atoms with E-state index in [2.05, 4.69) is 10.4 Å². The molecule has 22 heavy (non-hydrogen) atoms. The summed E-state index contributed by atoms with van der Waals surface area (Å²) in [4.78, 5) is 11.7. The minimum Gasteiger partial charge on any atom is -0.497 e. The normalized spacial score (nSPS) is 10.8. The van der Waals surface area contributed by atoms with E-state index in [0.717, 1.165) is 30.0 Å². The van der Waals surface area contributed by atoms with Crippen molar-refractivity contribution in [2.75, 3.05) is 13.7 Å². The second kappa shape index (κ2) is 8.02. The van der Waals surface area contributed by atoms with Crippen molar-refractivity contribution in [1.29, 1.82) is 0 Å². The van der Waals surface area contributed by atoms with Crippen LogP contribution in [-0.4, -0.2) is 29.3 Å². The average molecular weight is 299 g/mol. The molecule has 5 nitrogen and oxygen atoms in total. The van der Waals surface area contributed by atoms with Crippen LogP contribution in [0.15, 0.2) is 42.6 Å². The number of ether oxygens (including phenoxy) is 1. The van der Waals surface area contributed by atoms with Crippen LogP contribution in [0.4, 0.5) is 0 Å². The summed E-state index contributed by atoms with van der Waals surface area (Å²) in [6.07, 6.45) is 5.96. The predicted octanol–water partition coefficient (Wildman–Crippen LogP) is 2.42. The number of carbonyl (C=O) groups is 1. The van der Waals surface area contributed by atoms with Crippen LogP contribution in [0.3, 0.4) is 0 Å². The van der Waals surface area contributed by atoms with Gasteiger partial charge >= 0.3 is 0 Å². The lowest BCUT2D eigenvalue weighted by molar-refractivity contribution is -0.116. The molecule has 2 aromatic rings. The second-order valence-electron chi connectivity index (χ2n) is 4.95. The molecule has 0 unspecified atom stereocenters. The first-order chi connectivity index (χ1) is 10.7. The van der Waals surface area contributed by atoms with E-state index < -0.39 is 0 Å². The minimum atomic E-state index is -0.0898. The zero-order chi connectivity index (χ0) is 15.8. The zero-order valence-electron chi connectivity index (χ0n) is 13.0. The number of benzene rings is 1. The third kappa shape index (κ3) is 4.77. The Kier molecular flexibility index (Phi) is 5.77. The number of aryl methyl sites for hydroxylation is 2. The van der Waals surface area contributed by atoms with E-state index in [0.29, 0.717) is 6.54 Å². The van der Waals surface area contributed by atoms with Gasteiger partial charge in [-0.2, -0.15) is 5.10 Å². The number of hydrogen-bond donors (Lipinski definition) is 1. The van der Waals surface area contributed by atoms with Crippen molar-refractivity contribution in [3.8, 4) is 5.75 Å². The van der Waals surface area contributed by atoms with E-state index in [4.69, 9.17) is 4.74 Å². The highest BCUT2D eigenvalue weighted by atomic mass is 16.5. The van der Waals surface area contributed by atoms with Crippen molar-refractivity contribution in [2.45, 2.75) is 19.9 Å². The number of nitrogens with one attached hydrogen (secondary N) is 1. The van der Waals surface area contributed by atoms with Gasteiger partial charge in [-0.3, -0.25) is 9.48 Å². The Hall–Kier alpha value is -2.56. The molecule has 1 heterocycles. The number of rotatable bonds is 7. The Bertz CT molecular complexity index is 630. The van der Waals surface area contributed by atoms with Crippen molar-refractivity contribution < 1.29 is 9.53 Å². The number of nitrogens with zero attached hydrogens (tertiary/aromatic N) is 2. The fourth-order valence-electron chi connectivity index (χ4n) is 2.02. The maximum absolute atomic E-state index is 11.7. The summed E-state index contributed by atoms with van der Waals surface area (Å²) in [6, 6.07) is 9.51. The van der Waals surface area contributed by atoms with E-state index >= 15 is 0 Å². The lowest BCUT2D eigenvalue weighted by Crippen LogP contribution is -2.23. The molecule has 2 rings (SSSR count). The number of amides is 1. The highest BCUT2D eigenvalue weighted by Crippen LogP contribution is 2.12. The van der Waals surface area contributed by atoms with Crippen LogP contribution in [0, 0.1) is 6.92 Å². The molecule has 0 aliphatic rings. The van der Waals surface area contributed by atoms with Gasteiger partial charge in [-0.15, -0.1) is 0 Å². The van der Waals surface area contributed by atoms with Crippen molar-refractivity contribution in [3.63, 3.8) is 0 Å². The Labute approximate surface area is 130 Å². The first kappa shape index (κ1) is 15.8. The van der Waals surface area contributed by atoms with Crippen molar-refractivity contribution >= 4 is 12.0 Å². The molecule has 1 aromatic carbocycles. The Morgan fingerprint density at radius 1 is 1.32 bits per heavy atom. The summed E-state index contributed by atoms with van der Waals surface area (Å²) in [5.41, 5.74) is 2.09. The maximum atomic E-state index is 11.7. The summed E-state index contributed by atoms with van der Waals surface area (Å²) >= 11 is 0. The van der Waals surface area contributed by atoms with Gasteiger partial charge in [0.05, 0.1) is 7.11 Å². The van der Waals surface area contributed by atoms with Crippen LogP contribution in [0.5, 0.6) is 5.75 Å². The molecule has 0 bridgehead atoms. The van der Waals surface area contributed by atoms with Crippen LogP contribution in [0.25, 0.3) is 6.08 Å². The standard InChI is InChI=1S/C17H21N3O2/c1-14-10-12-19-20(14)13-3-11-18-17(21)9-6-15-4-7-16(22-2)8-5-15/h4-10,12H,3,11,13H2,1-2H3,(H,18,21)/b9-6+. The number of aromatic nitrogens is 2. The fraction of sp³-hybridized carbons (Fsp3) is 0.294. The summed E-state index contributed by atoms with van der Waals surface area (Å²) in [6.45, 7) is 3.45. The monoisotopic (exact) mass is 299 g/mol. The van der Waals surface area contributed by atoms with E-state index in [1.54, 1.807) is 25.5 Å². The second-order valence-corrected chi connectivity index (χ2v) is 4.95. The van der Waals surface area contributed by atoms with Crippen LogP contribution in [0.2, 0.25) is 0 Å². The molecular weight excluding hydrogens is 278 g/mol. The number of carbonyl (C=O) groups excluding carboxylic acids is 1. The average Bonchev–Trinajstić information content (AvgIpc) is 2.95. The third-order valence-electron chi connectivity index (χ3n) is 3.32. The molecular formula is C17H21N3O2. The number of hydrogen-bond acceptors (Lipinski definition) is 3. The van der Waals surface area contributed by atoms with Gasteiger partial charge in [-0.1, -0.05) is 12.1 Å². The highest BCUT2D eigenvalue weighted by Gasteiger charge is 1.98. The summed E-state index contributed by atoms with van der Waals surface area (Å²) in [7, 11) is 1.63. The first-order valence-electron chi connectivity index (χ1n) is 7.27. The summed E-state index contributed by atoms with van der Waals surface area (Å²) in [5.74, 6) is 0.712. The van der Waals surface area contributed by atoms with Crippen LogP contribution < -0.4 is 10.1 Å². The van der Waals surface area contributed by atoms with Gasteiger partial charge in [0.2, 0.25) is 5.91 Å². The zero-order valence-corrected chi connectivity index (χ0v) is 13.0. The third-order valence-corrected chi connectivity index (χ3v) is 3.32. The summed E-state index contributed by atoms with van der Waals surface area (Å²) in [5, 5.41) is 7.07. The first-order valence-corrected chi connectivity index (χ1v) is 7.27. The smallest absolute Gasteiger partial charge is 0.244 e. The number of methoxy groups -OCH3 is 1. The van der Waals surface area contributed by atoms with E-state index in [1.807, 2.05) is 41.9 Å². The molecule has 0 atom stereocenters. The van der Waals surface area contributed by atoms with Gasteiger partial charge < -0.3 is 10.1 Å². The predicted molar refractivity (Wildman–Crippen MR) is 86.6 cm³/mol. The molecule has 1 aromatic heterocycles. The van der Waals surface area contributed by atoms with Crippen LogP contribution in [0.1, 0.15) is 17.7 Å². The molecule has 0 aliphatic heterocycles. The van der Waals surface area contributed by atoms with Gasteiger partial charge in [-0.25, -0.2) is 0 Å². The lowest BCUT2D eigenvalue weighted by Gasteiger charge is -2.05. The molecule has 0 aliphatic carbocycles. The Balaban J connectivity index is 1.70. The van der Waals surface area contributed by atoms with Crippen LogP contribution >= 0.6 is 0 Å². The van der Waals surface area contributed by atoms with E-state index in [-0.39, 0.29) is 5.91 Å². The molecule has 1 amide bonds. The summed E-state index contributed by atoms with van der Waals surface area (Å²) < 4.78 is 7.02. The lowest BCUT2D eigenvalue weighted by atomic mass is 10.2.